The van der Waals surface area contributed by atoms with Crippen molar-refractivity contribution in [1.29, 1.82) is 0 Å². The van der Waals surface area contributed by atoms with Crippen LogP contribution in [-0.4, -0.2) is 53.7 Å². The van der Waals surface area contributed by atoms with Crippen LogP contribution in [-0.2, 0) is 0 Å². The number of hydrogen-bond donors (Lipinski definition) is 1. The minimum atomic E-state index is -0.0559. The SMILES string of the molecule is CN1CCN(C2=NC(N)SS2)CC1. The van der Waals surface area contributed by atoms with Gasteiger partial charge in [0, 0.05) is 26.2 Å². The van der Waals surface area contributed by atoms with Gasteiger partial charge in [-0.1, -0.05) is 0 Å². The molecule has 13 heavy (non-hydrogen) atoms. The van der Waals surface area contributed by atoms with Gasteiger partial charge in [-0.05, 0) is 28.6 Å². The highest BCUT2D eigenvalue weighted by atomic mass is 33.1. The Balaban J connectivity index is 1.91. The smallest absolute Gasteiger partial charge is 0.172 e. The number of hydrogen-bond acceptors (Lipinski definition) is 6. The molecule has 2 rings (SSSR count). The van der Waals surface area contributed by atoms with Crippen molar-refractivity contribution in [3.63, 3.8) is 0 Å². The molecule has 2 N–H and O–H groups in total. The summed E-state index contributed by atoms with van der Waals surface area (Å²) in [5.41, 5.74) is 5.62. The number of piperazine rings is 1. The molecule has 2 heterocycles. The van der Waals surface area contributed by atoms with Crippen LogP contribution in [0.3, 0.4) is 0 Å². The normalized spacial score (nSPS) is 30.8. The summed E-state index contributed by atoms with van der Waals surface area (Å²) in [6, 6.07) is 0. The molecule has 0 aromatic rings. The molecule has 0 amide bonds. The summed E-state index contributed by atoms with van der Waals surface area (Å²) in [4.78, 5) is 9.03. The maximum absolute atomic E-state index is 5.68. The Morgan fingerprint density at radius 2 is 2.08 bits per heavy atom. The number of nitrogens with zero attached hydrogens (tertiary/aromatic N) is 3. The highest BCUT2D eigenvalue weighted by Crippen LogP contribution is 2.34. The summed E-state index contributed by atoms with van der Waals surface area (Å²) in [7, 11) is 5.50. The number of rotatable bonds is 0. The molecular weight excluding hydrogens is 204 g/mol. The Hall–Kier alpha value is 0.0900. The molecule has 2 aliphatic rings. The topological polar surface area (TPSA) is 44.9 Å². The van der Waals surface area contributed by atoms with E-state index in [-0.39, 0.29) is 5.50 Å². The second kappa shape index (κ2) is 4.08. The van der Waals surface area contributed by atoms with Crippen molar-refractivity contribution in [2.75, 3.05) is 33.2 Å². The zero-order chi connectivity index (χ0) is 9.26. The predicted molar refractivity (Wildman–Crippen MR) is 59.7 cm³/mol. The van der Waals surface area contributed by atoms with Gasteiger partial charge in [0.05, 0.1) is 0 Å². The summed E-state index contributed by atoms with van der Waals surface area (Å²) >= 11 is 0. The fourth-order valence-electron chi connectivity index (χ4n) is 1.38. The molecule has 0 bridgehead atoms. The third-order valence-electron chi connectivity index (χ3n) is 2.23. The predicted octanol–water partition coefficient (Wildman–Crippen LogP) is 0.227. The van der Waals surface area contributed by atoms with Gasteiger partial charge in [-0.3, -0.25) is 0 Å². The van der Waals surface area contributed by atoms with E-state index in [1.54, 1.807) is 21.6 Å². The molecular formula is C7H14N4S2. The Kier molecular flexibility index (Phi) is 3.02. The van der Waals surface area contributed by atoms with Gasteiger partial charge in [-0.25, -0.2) is 4.99 Å². The van der Waals surface area contributed by atoms with Gasteiger partial charge in [0.1, 0.15) is 0 Å². The molecule has 0 saturated carbocycles. The summed E-state index contributed by atoms with van der Waals surface area (Å²) in [6.45, 7) is 4.41. The van der Waals surface area contributed by atoms with Crippen LogP contribution in [0.4, 0.5) is 0 Å². The van der Waals surface area contributed by atoms with E-state index in [1.165, 1.54) is 0 Å². The fourth-order valence-corrected chi connectivity index (χ4v) is 3.34. The molecule has 0 aromatic heterocycles. The lowest BCUT2D eigenvalue weighted by atomic mass is 10.3. The molecule has 0 aromatic carbocycles. The minimum absolute atomic E-state index is 0.0559. The highest BCUT2D eigenvalue weighted by molar-refractivity contribution is 8.82. The maximum Gasteiger partial charge on any atom is 0.172 e. The van der Waals surface area contributed by atoms with Gasteiger partial charge in [0.25, 0.3) is 0 Å². The van der Waals surface area contributed by atoms with Gasteiger partial charge in [0.15, 0.2) is 10.7 Å². The summed E-state index contributed by atoms with van der Waals surface area (Å²) in [5, 5.41) is 1.12. The van der Waals surface area contributed by atoms with Crippen LogP contribution < -0.4 is 5.73 Å². The lowest BCUT2D eigenvalue weighted by Crippen LogP contribution is -2.46. The van der Waals surface area contributed by atoms with Gasteiger partial charge < -0.3 is 15.5 Å². The number of aliphatic imine (C=N–C) groups is 1. The minimum Gasteiger partial charge on any atom is -0.348 e. The third kappa shape index (κ3) is 2.31. The summed E-state index contributed by atoms with van der Waals surface area (Å²) < 4.78 is 0. The Labute approximate surface area is 86.3 Å². The Morgan fingerprint density at radius 1 is 1.38 bits per heavy atom. The molecule has 6 heteroatoms. The number of nitrogens with two attached hydrogens (primary N) is 1. The van der Waals surface area contributed by atoms with Crippen molar-refractivity contribution >= 4 is 26.8 Å². The van der Waals surface area contributed by atoms with Crippen LogP contribution >= 0.6 is 21.6 Å². The van der Waals surface area contributed by atoms with E-state index in [0.717, 1.165) is 31.3 Å². The Morgan fingerprint density at radius 3 is 2.62 bits per heavy atom. The number of likely N-dealkylation sites (N-methyl/N-ethyl adjacent to an activating group) is 1. The molecule has 1 unspecified atom stereocenters. The zero-order valence-corrected chi connectivity index (χ0v) is 9.27. The van der Waals surface area contributed by atoms with Crippen molar-refractivity contribution < 1.29 is 0 Å². The van der Waals surface area contributed by atoms with Gasteiger partial charge in [-0.2, -0.15) is 0 Å². The molecule has 4 nitrogen and oxygen atoms in total. The van der Waals surface area contributed by atoms with Gasteiger partial charge in [-0.15, -0.1) is 0 Å². The maximum atomic E-state index is 5.68. The highest BCUT2D eigenvalue weighted by Gasteiger charge is 2.23. The van der Waals surface area contributed by atoms with E-state index in [4.69, 9.17) is 5.73 Å². The lowest BCUT2D eigenvalue weighted by molar-refractivity contribution is 0.218. The average Bonchev–Trinajstić information content (AvgIpc) is 2.53. The number of amidine groups is 1. The fraction of sp³-hybridized carbons (Fsp3) is 0.857. The zero-order valence-electron chi connectivity index (χ0n) is 7.64. The van der Waals surface area contributed by atoms with E-state index in [1.807, 2.05) is 0 Å². The molecule has 1 atom stereocenters. The van der Waals surface area contributed by atoms with Crippen LogP contribution in [0, 0.1) is 0 Å². The molecule has 1 saturated heterocycles. The van der Waals surface area contributed by atoms with E-state index in [9.17, 15) is 0 Å². The first-order valence-corrected chi connectivity index (χ1v) is 6.57. The second-order valence-electron chi connectivity index (χ2n) is 3.27. The Bertz CT molecular complexity index is 213. The molecule has 74 valence electrons. The van der Waals surface area contributed by atoms with Gasteiger partial charge >= 0.3 is 0 Å². The quantitative estimate of drug-likeness (QED) is 0.590. The van der Waals surface area contributed by atoms with Crippen LogP contribution in [0.25, 0.3) is 0 Å². The molecule has 1 fully saturated rings. The van der Waals surface area contributed by atoms with Crippen LogP contribution in [0.1, 0.15) is 0 Å². The monoisotopic (exact) mass is 218 g/mol. The van der Waals surface area contributed by atoms with Crippen molar-refractivity contribution in [1.82, 2.24) is 9.80 Å². The molecule has 2 aliphatic heterocycles. The van der Waals surface area contributed by atoms with E-state index < -0.39 is 0 Å². The average molecular weight is 218 g/mol. The first-order chi connectivity index (χ1) is 6.25. The molecule has 0 radical (unpaired) electrons. The van der Waals surface area contributed by atoms with Crippen LogP contribution in [0.2, 0.25) is 0 Å². The molecule has 0 spiro atoms. The van der Waals surface area contributed by atoms with E-state index >= 15 is 0 Å². The van der Waals surface area contributed by atoms with Crippen molar-refractivity contribution in [2.24, 2.45) is 10.7 Å². The standard InChI is InChI=1S/C7H14N4S2/c1-10-2-4-11(5-3-10)7-9-6(8)12-13-7/h6H,2-5,8H2,1H3. The summed E-state index contributed by atoms with van der Waals surface area (Å²) in [6.07, 6.45) is 0. The first kappa shape index (κ1) is 9.64. The van der Waals surface area contributed by atoms with E-state index in [0.29, 0.717) is 0 Å². The first-order valence-electron chi connectivity index (χ1n) is 4.36. The lowest BCUT2D eigenvalue weighted by Gasteiger charge is -2.32. The van der Waals surface area contributed by atoms with Gasteiger partial charge in [0.2, 0.25) is 0 Å². The van der Waals surface area contributed by atoms with Crippen molar-refractivity contribution in [3.05, 3.63) is 0 Å². The summed E-state index contributed by atoms with van der Waals surface area (Å²) in [5.74, 6) is 0. The molecule has 0 aliphatic carbocycles. The second-order valence-corrected chi connectivity index (χ2v) is 5.56. The van der Waals surface area contributed by atoms with Crippen LogP contribution in [0.5, 0.6) is 0 Å². The van der Waals surface area contributed by atoms with E-state index in [2.05, 4.69) is 21.8 Å². The third-order valence-corrected chi connectivity index (χ3v) is 4.47. The van der Waals surface area contributed by atoms with Crippen molar-refractivity contribution in [2.45, 2.75) is 5.50 Å². The van der Waals surface area contributed by atoms with Crippen LogP contribution in [0.15, 0.2) is 4.99 Å². The largest absolute Gasteiger partial charge is 0.348 e. The van der Waals surface area contributed by atoms with Crippen molar-refractivity contribution in [3.8, 4) is 0 Å².